The molecular weight excluding hydrogens is 344 g/mol. The maximum atomic E-state index is 12.5. The third-order valence-corrected chi connectivity index (χ3v) is 4.42. The van der Waals surface area contributed by atoms with Crippen LogP contribution < -0.4 is 4.90 Å². The first-order valence-corrected chi connectivity index (χ1v) is 8.20. The molecule has 6 nitrogen and oxygen atoms in total. The van der Waals surface area contributed by atoms with Gasteiger partial charge in [0.15, 0.2) is 5.78 Å². The molecule has 2 aromatic rings. The van der Waals surface area contributed by atoms with Crippen molar-refractivity contribution in [1.82, 2.24) is 0 Å². The molecule has 0 saturated carbocycles. The standard InChI is InChI=1S/C18H15ClN2O4/c19-14-3-1-2-13(10-14)17(22)6-7-18(23)20-9-8-12-4-5-15(21(24)25)11-16(12)20/h1-5,10-11H,6-9H2. The minimum absolute atomic E-state index is 0.0477. The number of nitro groups is 1. The minimum Gasteiger partial charge on any atom is -0.312 e. The van der Waals surface area contributed by atoms with E-state index in [4.69, 9.17) is 11.6 Å². The molecule has 1 aliphatic rings. The Morgan fingerprint density at radius 3 is 2.68 bits per heavy atom. The van der Waals surface area contributed by atoms with Crippen molar-refractivity contribution in [3.63, 3.8) is 0 Å². The summed E-state index contributed by atoms with van der Waals surface area (Å²) >= 11 is 5.87. The number of amides is 1. The Kier molecular flexibility index (Phi) is 4.81. The fraction of sp³-hybridized carbons (Fsp3) is 0.222. The van der Waals surface area contributed by atoms with Gasteiger partial charge in [0, 0.05) is 42.1 Å². The van der Waals surface area contributed by atoms with Crippen LogP contribution in [0, 0.1) is 10.1 Å². The van der Waals surface area contributed by atoms with Crippen LogP contribution in [-0.2, 0) is 11.2 Å². The smallest absolute Gasteiger partial charge is 0.271 e. The quantitative estimate of drug-likeness (QED) is 0.462. The zero-order valence-corrected chi connectivity index (χ0v) is 14.0. The summed E-state index contributed by atoms with van der Waals surface area (Å²) < 4.78 is 0. The largest absolute Gasteiger partial charge is 0.312 e. The van der Waals surface area contributed by atoms with Gasteiger partial charge in [0.1, 0.15) is 0 Å². The van der Waals surface area contributed by atoms with E-state index in [-0.39, 0.29) is 30.2 Å². The Morgan fingerprint density at radius 2 is 1.96 bits per heavy atom. The van der Waals surface area contributed by atoms with E-state index in [0.29, 0.717) is 29.2 Å². The van der Waals surface area contributed by atoms with Gasteiger partial charge in [0.25, 0.3) is 5.69 Å². The minimum atomic E-state index is -0.482. The van der Waals surface area contributed by atoms with Gasteiger partial charge >= 0.3 is 0 Å². The number of fused-ring (bicyclic) bond motifs is 1. The lowest BCUT2D eigenvalue weighted by Gasteiger charge is -2.17. The number of Topliss-reactive ketones (excluding diaryl/α,β-unsaturated/α-hetero) is 1. The second kappa shape index (κ2) is 7.03. The van der Waals surface area contributed by atoms with Crippen LogP contribution in [0.25, 0.3) is 0 Å². The van der Waals surface area contributed by atoms with Crippen molar-refractivity contribution >= 4 is 34.7 Å². The van der Waals surface area contributed by atoms with Crippen LogP contribution in [-0.4, -0.2) is 23.2 Å². The van der Waals surface area contributed by atoms with Crippen molar-refractivity contribution in [2.45, 2.75) is 19.3 Å². The van der Waals surface area contributed by atoms with Crippen LogP contribution >= 0.6 is 11.6 Å². The zero-order valence-electron chi connectivity index (χ0n) is 13.3. The third kappa shape index (κ3) is 3.69. The van der Waals surface area contributed by atoms with Crippen molar-refractivity contribution in [2.24, 2.45) is 0 Å². The first-order chi connectivity index (χ1) is 12.0. The molecule has 0 fully saturated rings. The van der Waals surface area contributed by atoms with Gasteiger partial charge in [-0.25, -0.2) is 0 Å². The van der Waals surface area contributed by atoms with E-state index in [1.54, 1.807) is 30.3 Å². The fourth-order valence-corrected chi connectivity index (χ4v) is 3.09. The molecule has 1 amide bonds. The monoisotopic (exact) mass is 358 g/mol. The van der Waals surface area contributed by atoms with E-state index in [9.17, 15) is 19.7 Å². The molecule has 1 aliphatic heterocycles. The maximum Gasteiger partial charge on any atom is 0.271 e. The number of halogens is 1. The van der Waals surface area contributed by atoms with Crippen LogP contribution in [0.15, 0.2) is 42.5 Å². The van der Waals surface area contributed by atoms with Gasteiger partial charge in [-0.3, -0.25) is 19.7 Å². The molecule has 0 unspecified atom stereocenters. The number of ketones is 1. The molecule has 0 radical (unpaired) electrons. The summed E-state index contributed by atoms with van der Waals surface area (Å²) in [4.78, 5) is 36.6. The Balaban J connectivity index is 1.68. The Morgan fingerprint density at radius 1 is 1.16 bits per heavy atom. The van der Waals surface area contributed by atoms with Crippen molar-refractivity contribution < 1.29 is 14.5 Å². The van der Waals surface area contributed by atoms with Crippen LogP contribution in [0.1, 0.15) is 28.8 Å². The van der Waals surface area contributed by atoms with Crippen molar-refractivity contribution in [3.8, 4) is 0 Å². The van der Waals surface area contributed by atoms with Crippen molar-refractivity contribution in [3.05, 3.63) is 68.7 Å². The molecule has 0 saturated heterocycles. The molecule has 0 aromatic heterocycles. The highest BCUT2D eigenvalue weighted by Crippen LogP contribution is 2.32. The van der Waals surface area contributed by atoms with E-state index in [0.717, 1.165) is 5.56 Å². The number of carbonyl (C=O) groups is 2. The normalized spacial score (nSPS) is 12.8. The number of benzene rings is 2. The molecule has 1 heterocycles. The second-order valence-corrected chi connectivity index (χ2v) is 6.24. The molecule has 2 aromatic carbocycles. The number of anilines is 1. The number of hydrogen-bond donors (Lipinski definition) is 0. The van der Waals surface area contributed by atoms with Crippen LogP contribution in [0.4, 0.5) is 11.4 Å². The van der Waals surface area contributed by atoms with Crippen molar-refractivity contribution in [1.29, 1.82) is 0 Å². The maximum absolute atomic E-state index is 12.5. The SMILES string of the molecule is O=C(CCC(=O)N1CCc2ccc([N+](=O)[O-])cc21)c1cccc(Cl)c1. The molecule has 0 N–H and O–H groups in total. The lowest BCUT2D eigenvalue weighted by atomic mass is 10.1. The Hall–Kier alpha value is -2.73. The number of hydrogen-bond acceptors (Lipinski definition) is 4. The molecule has 128 valence electrons. The van der Waals surface area contributed by atoms with E-state index >= 15 is 0 Å². The van der Waals surface area contributed by atoms with E-state index in [1.165, 1.54) is 17.0 Å². The molecule has 7 heteroatoms. The Bertz CT molecular complexity index is 866. The van der Waals surface area contributed by atoms with Gasteiger partial charge in [0.05, 0.1) is 10.6 Å². The molecule has 25 heavy (non-hydrogen) atoms. The number of nitrogens with zero attached hydrogens (tertiary/aromatic N) is 2. The number of carbonyl (C=O) groups excluding carboxylic acids is 2. The molecular formula is C18H15ClN2O4. The molecule has 0 aliphatic carbocycles. The molecule has 3 rings (SSSR count). The summed E-state index contributed by atoms with van der Waals surface area (Å²) in [5.74, 6) is -0.371. The van der Waals surface area contributed by atoms with Crippen LogP contribution in [0.2, 0.25) is 5.02 Å². The van der Waals surface area contributed by atoms with Gasteiger partial charge in [0.2, 0.25) is 5.91 Å². The first-order valence-electron chi connectivity index (χ1n) is 7.82. The predicted octanol–water partition coefficient (Wildman–Crippen LogP) is 3.80. The van der Waals surface area contributed by atoms with E-state index in [2.05, 4.69) is 0 Å². The first kappa shape index (κ1) is 17.1. The van der Waals surface area contributed by atoms with Gasteiger partial charge < -0.3 is 4.90 Å². The summed E-state index contributed by atoms with van der Waals surface area (Å²) in [5.41, 5.74) is 1.89. The summed E-state index contributed by atoms with van der Waals surface area (Å²) in [5, 5.41) is 11.4. The van der Waals surface area contributed by atoms with Gasteiger partial charge in [-0.1, -0.05) is 29.8 Å². The highest BCUT2D eigenvalue weighted by Gasteiger charge is 2.26. The third-order valence-electron chi connectivity index (χ3n) is 4.19. The predicted molar refractivity (Wildman–Crippen MR) is 94.2 cm³/mol. The average Bonchev–Trinajstić information content (AvgIpc) is 3.02. The van der Waals surface area contributed by atoms with Gasteiger partial charge in [-0.05, 0) is 24.1 Å². The summed E-state index contributed by atoms with van der Waals surface area (Å²) in [6.45, 7) is 0.473. The molecule has 0 atom stereocenters. The zero-order chi connectivity index (χ0) is 18.0. The average molecular weight is 359 g/mol. The lowest BCUT2D eigenvalue weighted by Crippen LogP contribution is -2.29. The number of nitro benzene ring substituents is 1. The van der Waals surface area contributed by atoms with Crippen LogP contribution in [0.5, 0.6) is 0 Å². The highest BCUT2D eigenvalue weighted by atomic mass is 35.5. The summed E-state index contributed by atoms with van der Waals surface area (Å²) in [6, 6.07) is 11.1. The summed E-state index contributed by atoms with van der Waals surface area (Å²) in [6.07, 6.45) is 0.773. The second-order valence-electron chi connectivity index (χ2n) is 5.80. The van der Waals surface area contributed by atoms with Crippen LogP contribution in [0.3, 0.4) is 0 Å². The lowest BCUT2D eigenvalue weighted by molar-refractivity contribution is -0.384. The number of rotatable bonds is 5. The van der Waals surface area contributed by atoms with E-state index < -0.39 is 4.92 Å². The van der Waals surface area contributed by atoms with Gasteiger partial charge in [-0.15, -0.1) is 0 Å². The topological polar surface area (TPSA) is 80.5 Å². The molecule has 0 spiro atoms. The van der Waals surface area contributed by atoms with E-state index in [1.807, 2.05) is 0 Å². The number of non-ortho nitro benzene ring substituents is 1. The molecule has 0 bridgehead atoms. The highest BCUT2D eigenvalue weighted by molar-refractivity contribution is 6.31. The van der Waals surface area contributed by atoms with Crippen molar-refractivity contribution in [2.75, 3.05) is 11.4 Å². The summed E-state index contributed by atoms with van der Waals surface area (Å²) in [7, 11) is 0. The van der Waals surface area contributed by atoms with Gasteiger partial charge in [-0.2, -0.15) is 0 Å². The fourth-order valence-electron chi connectivity index (χ4n) is 2.90. The Labute approximate surface area is 149 Å².